The fraction of sp³-hybridized carbons (Fsp3) is 0.389. The maximum atomic E-state index is 12.9. The highest BCUT2D eigenvalue weighted by Crippen LogP contribution is 2.20. The SMILES string of the molecule is O=C(c1cc(-n2cccc2)ccn1)N1CCCC(N2CCNC2=O)C1. The molecular formula is C18H21N5O2. The molecule has 130 valence electrons. The minimum absolute atomic E-state index is 0.0213. The van der Waals surface area contributed by atoms with Gasteiger partial charge in [0.2, 0.25) is 0 Å². The van der Waals surface area contributed by atoms with Gasteiger partial charge in [0.15, 0.2) is 0 Å². The van der Waals surface area contributed by atoms with Crippen molar-refractivity contribution in [1.29, 1.82) is 0 Å². The van der Waals surface area contributed by atoms with Crippen molar-refractivity contribution in [3.8, 4) is 5.69 Å². The fourth-order valence-electron chi connectivity index (χ4n) is 3.59. The van der Waals surface area contributed by atoms with Gasteiger partial charge in [0, 0.05) is 50.5 Å². The number of urea groups is 1. The molecule has 2 aliphatic rings. The molecule has 1 atom stereocenters. The number of hydrogen-bond acceptors (Lipinski definition) is 3. The van der Waals surface area contributed by atoms with E-state index >= 15 is 0 Å². The van der Waals surface area contributed by atoms with Crippen molar-refractivity contribution in [3.05, 3.63) is 48.5 Å². The van der Waals surface area contributed by atoms with Crippen LogP contribution in [-0.2, 0) is 0 Å². The van der Waals surface area contributed by atoms with Crippen molar-refractivity contribution in [1.82, 2.24) is 24.7 Å². The molecule has 0 aromatic carbocycles. The van der Waals surface area contributed by atoms with Gasteiger partial charge in [0.05, 0.1) is 6.04 Å². The summed E-state index contributed by atoms with van der Waals surface area (Å²) in [7, 11) is 0. The molecule has 2 fully saturated rings. The molecule has 7 nitrogen and oxygen atoms in total. The molecule has 3 amide bonds. The molecule has 2 saturated heterocycles. The summed E-state index contributed by atoms with van der Waals surface area (Å²) in [4.78, 5) is 32.7. The molecule has 25 heavy (non-hydrogen) atoms. The number of nitrogens with zero attached hydrogens (tertiary/aromatic N) is 4. The van der Waals surface area contributed by atoms with E-state index in [-0.39, 0.29) is 18.0 Å². The van der Waals surface area contributed by atoms with Gasteiger partial charge in [-0.15, -0.1) is 0 Å². The molecule has 2 aromatic rings. The third-order valence-corrected chi connectivity index (χ3v) is 4.88. The number of pyridine rings is 1. The molecule has 7 heteroatoms. The molecule has 1 N–H and O–H groups in total. The number of nitrogens with one attached hydrogen (secondary N) is 1. The number of amides is 3. The molecule has 0 radical (unpaired) electrons. The number of rotatable bonds is 3. The molecule has 4 rings (SSSR count). The smallest absolute Gasteiger partial charge is 0.317 e. The molecule has 4 heterocycles. The number of likely N-dealkylation sites (tertiary alicyclic amines) is 1. The number of hydrogen-bond donors (Lipinski definition) is 1. The van der Waals surface area contributed by atoms with Crippen molar-refractivity contribution < 1.29 is 9.59 Å². The lowest BCUT2D eigenvalue weighted by atomic mass is 10.0. The summed E-state index contributed by atoms with van der Waals surface area (Å²) in [5.41, 5.74) is 1.36. The van der Waals surface area contributed by atoms with Crippen LogP contribution in [0.4, 0.5) is 4.79 Å². The first-order valence-corrected chi connectivity index (χ1v) is 8.65. The Bertz CT molecular complexity index is 774. The summed E-state index contributed by atoms with van der Waals surface area (Å²) < 4.78 is 1.95. The summed E-state index contributed by atoms with van der Waals surface area (Å²) >= 11 is 0. The van der Waals surface area contributed by atoms with E-state index in [4.69, 9.17) is 0 Å². The first-order valence-electron chi connectivity index (χ1n) is 8.65. The number of carbonyl (C=O) groups is 2. The molecule has 0 bridgehead atoms. The highest BCUT2D eigenvalue weighted by atomic mass is 16.2. The van der Waals surface area contributed by atoms with E-state index in [2.05, 4.69) is 10.3 Å². The fourth-order valence-corrected chi connectivity index (χ4v) is 3.59. The average Bonchev–Trinajstić information content (AvgIpc) is 3.33. The zero-order chi connectivity index (χ0) is 17.2. The topological polar surface area (TPSA) is 70.5 Å². The zero-order valence-corrected chi connectivity index (χ0v) is 14.0. The molecule has 0 aliphatic carbocycles. The Labute approximate surface area is 146 Å². The first-order chi connectivity index (χ1) is 12.2. The normalized spacial score (nSPS) is 20.6. The van der Waals surface area contributed by atoms with Crippen molar-refractivity contribution in [2.45, 2.75) is 18.9 Å². The van der Waals surface area contributed by atoms with Gasteiger partial charge in [0.1, 0.15) is 5.69 Å². The van der Waals surface area contributed by atoms with E-state index in [9.17, 15) is 9.59 Å². The van der Waals surface area contributed by atoms with Crippen LogP contribution in [-0.4, -0.2) is 63.5 Å². The number of carbonyl (C=O) groups excluding carboxylic acids is 2. The van der Waals surface area contributed by atoms with Crippen LogP contribution in [0.25, 0.3) is 5.69 Å². The van der Waals surface area contributed by atoms with Gasteiger partial charge in [-0.05, 0) is 37.1 Å². The van der Waals surface area contributed by atoms with E-state index in [1.54, 1.807) is 6.20 Å². The van der Waals surface area contributed by atoms with Gasteiger partial charge in [-0.3, -0.25) is 9.78 Å². The van der Waals surface area contributed by atoms with Crippen molar-refractivity contribution >= 4 is 11.9 Å². The van der Waals surface area contributed by atoms with Gasteiger partial charge in [-0.2, -0.15) is 0 Å². The van der Waals surface area contributed by atoms with Crippen molar-refractivity contribution in [3.63, 3.8) is 0 Å². The second-order valence-electron chi connectivity index (χ2n) is 6.46. The van der Waals surface area contributed by atoms with Crippen LogP contribution in [0.15, 0.2) is 42.9 Å². The predicted molar refractivity (Wildman–Crippen MR) is 92.6 cm³/mol. The predicted octanol–water partition coefficient (Wildman–Crippen LogP) is 1.50. The van der Waals surface area contributed by atoms with Crippen LogP contribution in [0.2, 0.25) is 0 Å². The lowest BCUT2D eigenvalue weighted by molar-refractivity contribution is 0.0628. The van der Waals surface area contributed by atoms with Crippen LogP contribution < -0.4 is 5.32 Å². The van der Waals surface area contributed by atoms with Gasteiger partial charge in [0.25, 0.3) is 5.91 Å². The van der Waals surface area contributed by atoms with Crippen molar-refractivity contribution in [2.24, 2.45) is 0 Å². The van der Waals surface area contributed by atoms with Crippen LogP contribution in [0, 0.1) is 0 Å². The highest BCUT2D eigenvalue weighted by molar-refractivity contribution is 5.93. The maximum absolute atomic E-state index is 12.9. The molecule has 0 saturated carbocycles. The average molecular weight is 339 g/mol. The molecular weight excluding hydrogens is 318 g/mol. The summed E-state index contributed by atoms with van der Waals surface area (Å²) in [5, 5.41) is 2.83. The molecule has 2 aliphatic heterocycles. The lowest BCUT2D eigenvalue weighted by Gasteiger charge is -2.36. The molecule has 1 unspecified atom stereocenters. The van der Waals surface area contributed by atoms with Crippen LogP contribution in [0.1, 0.15) is 23.3 Å². The minimum atomic E-state index is -0.0710. The quantitative estimate of drug-likeness (QED) is 0.921. The second kappa shape index (κ2) is 6.58. The summed E-state index contributed by atoms with van der Waals surface area (Å²) in [6.45, 7) is 2.68. The standard InChI is InChI=1S/C18H21N5O2/c24-17(16-12-14(5-6-19-16)21-8-1-2-9-21)22-10-3-4-15(13-22)23-11-7-20-18(23)25/h1-2,5-6,8-9,12,15H,3-4,7,10-11,13H2,(H,20,25). The van der Waals surface area contributed by atoms with E-state index in [1.165, 1.54) is 0 Å². The van der Waals surface area contributed by atoms with E-state index < -0.39 is 0 Å². The van der Waals surface area contributed by atoms with E-state index in [0.29, 0.717) is 31.9 Å². The molecule has 0 spiro atoms. The van der Waals surface area contributed by atoms with E-state index in [0.717, 1.165) is 18.5 Å². The minimum Gasteiger partial charge on any atom is -0.336 e. The second-order valence-corrected chi connectivity index (χ2v) is 6.46. The third kappa shape index (κ3) is 3.09. The first kappa shape index (κ1) is 15.7. The number of piperidine rings is 1. The van der Waals surface area contributed by atoms with Gasteiger partial charge in [-0.25, -0.2) is 4.79 Å². The Hall–Kier alpha value is -2.83. The molecule has 2 aromatic heterocycles. The summed E-state index contributed by atoms with van der Waals surface area (Å²) in [6.07, 6.45) is 7.38. The summed E-state index contributed by atoms with van der Waals surface area (Å²) in [5.74, 6) is -0.0710. The largest absolute Gasteiger partial charge is 0.336 e. The Balaban J connectivity index is 1.50. The van der Waals surface area contributed by atoms with Crippen LogP contribution in [0.5, 0.6) is 0 Å². The Morgan fingerprint density at radius 2 is 2.08 bits per heavy atom. The Morgan fingerprint density at radius 1 is 1.24 bits per heavy atom. The highest BCUT2D eigenvalue weighted by Gasteiger charge is 2.33. The lowest BCUT2D eigenvalue weighted by Crippen LogP contribution is -2.50. The Kier molecular flexibility index (Phi) is 4.13. The maximum Gasteiger partial charge on any atom is 0.317 e. The van der Waals surface area contributed by atoms with E-state index in [1.807, 2.05) is 51.0 Å². The third-order valence-electron chi connectivity index (χ3n) is 4.88. The van der Waals surface area contributed by atoms with Gasteiger partial charge in [-0.1, -0.05) is 0 Å². The zero-order valence-electron chi connectivity index (χ0n) is 14.0. The number of aromatic nitrogens is 2. The van der Waals surface area contributed by atoms with Crippen molar-refractivity contribution in [2.75, 3.05) is 26.2 Å². The monoisotopic (exact) mass is 339 g/mol. The van der Waals surface area contributed by atoms with Crippen LogP contribution in [0.3, 0.4) is 0 Å². The van der Waals surface area contributed by atoms with Gasteiger partial charge < -0.3 is 19.7 Å². The van der Waals surface area contributed by atoms with Gasteiger partial charge >= 0.3 is 6.03 Å². The summed E-state index contributed by atoms with van der Waals surface area (Å²) in [6, 6.07) is 7.65. The van der Waals surface area contributed by atoms with Crippen LogP contribution >= 0.6 is 0 Å². The Morgan fingerprint density at radius 3 is 2.84 bits per heavy atom.